The number of hydrogen-bond acceptors (Lipinski definition) is 8. The Kier molecular flexibility index (Phi) is 12.4. The Morgan fingerprint density at radius 1 is 0.488 bits per heavy atom. The van der Waals surface area contributed by atoms with Gasteiger partial charge in [0.05, 0.1) is 44.2 Å². The van der Waals surface area contributed by atoms with Crippen molar-refractivity contribution in [3.8, 4) is 0 Å². The van der Waals surface area contributed by atoms with Crippen molar-refractivity contribution in [3.63, 3.8) is 0 Å². The first kappa shape index (κ1) is 35.5. The van der Waals surface area contributed by atoms with E-state index in [-0.39, 0.29) is 78.8 Å². The van der Waals surface area contributed by atoms with Gasteiger partial charge in [0.1, 0.15) is 0 Å². The van der Waals surface area contributed by atoms with Gasteiger partial charge in [-0.25, -0.2) is 0 Å². The van der Waals surface area contributed by atoms with Crippen LogP contribution >= 0.6 is 0 Å². The maximum atomic E-state index is 10.7. The van der Waals surface area contributed by atoms with Gasteiger partial charge < -0.3 is 38.3 Å². The fraction of sp³-hybridized carbons (Fsp3) is 0.971. The van der Waals surface area contributed by atoms with Crippen LogP contribution in [0.4, 0.5) is 0 Å². The quantitative estimate of drug-likeness (QED) is 0.333. The van der Waals surface area contributed by atoms with Crippen LogP contribution in [0.2, 0.25) is 0 Å². The van der Waals surface area contributed by atoms with Crippen LogP contribution in [0.5, 0.6) is 0 Å². The maximum Gasteiger partial charge on any atom is 0.160 e. The molecule has 0 aliphatic carbocycles. The third-order valence-electron chi connectivity index (χ3n) is 12.3. The highest BCUT2D eigenvalue weighted by Crippen LogP contribution is 2.41. The lowest BCUT2D eigenvalue weighted by atomic mass is 9.77. The topological polar surface area (TPSA) is 84.8 Å². The molecule has 0 bridgehead atoms. The largest absolute Gasteiger partial charge is 0.368 e. The van der Waals surface area contributed by atoms with Crippen LogP contribution in [0.3, 0.4) is 0 Å². The first-order valence-electron chi connectivity index (χ1n) is 17.2. The van der Waals surface area contributed by atoms with Crippen LogP contribution in [0.25, 0.3) is 0 Å². The van der Waals surface area contributed by atoms with E-state index in [0.29, 0.717) is 49.4 Å². The second-order valence-electron chi connectivity index (χ2n) is 14.9. The summed E-state index contributed by atoms with van der Waals surface area (Å²) >= 11 is 0. The molecule has 4 saturated heterocycles. The summed E-state index contributed by atoms with van der Waals surface area (Å²) in [6.45, 7) is 27.6. The van der Waals surface area contributed by atoms with Crippen LogP contribution in [0, 0.1) is 71.5 Å². The molecule has 19 atom stereocenters. The number of aliphatic hydroxyl groups is 1. The van der Waals surface area contributed by atoms with Gasteiger partial charge in [-0.2, -0.15) is 0 Å². The standard InChI is InChI=1S/C35H63O8/c1-17-13-18(2)40-33(19(17)3)37-14-29-25(9)28(12)42-35(26(29)10)38-15-30-22(6)23(7)32(36)43-31(30)16-39-34-24(8)20(4)21(5)27(11)41-34/h13,17-36H,14-16H2,1-12H3/t17-,18?,19?,20+,21+,22-,23?,24?,25-,26?,27?,28?,29+,30+,31?,32?,33+,34+,35+/m0/s1. The number of aliphatic hydroxyl groups excluding tert-OH is 1. The molecule has 4 aliphatic heterocycles. The predicted molar refractivity (Wildman–Crippen MR) is 165 cm³/mol. The van der Waals surface area contributed by atoms with E-state index in [4.69, 9.17) is 33.2 Å². The minimum atomic E-state index is -0.831. The molecule has 1 N–H and O–H groups in total. The molecule has 9 unspecified atom stereocenters. The average molecular weight is 612 g/mol. The van der Waals surface area contributed by atoms with Crippen LogP contribution in [-0.4, -0.2) is 74.5 Å². The molecule has 43 heavy (non-hydrogen) atoms. The lowest BCUT2D eigenvalue weighted by Gasteiger charge is -2.47. The van der Waals surface area contributed by atoms with Crippen molar-refractivity contribution in [1.82, 2.24) is 0 Å². The third-order valence-corrected chi connectivity index (χ3v) is 12.3. The van der Waals surface area contributed by atoms with Gasteiger partial charge in [-0.1, -0.05) is 62.3 Å². The molecule has 0 saturated carbocycles. The highest BCUT2D eigenvalue weighted by atomic mass is 16.7. The Balaban J connectivity index is 1.38. The molecule has 4 fully saturated rings. The molecule has 8 heteroatoms. The molecule has 1 radical (unpaired) electrons. The van der Waals surface area contributed by atoms with E-state index in [9.17, 15) is 5.11 Å². The highest BCUT2D eigenvalue weighted by molar-refractivity contribution is 4.90. The smallest absolute Gasteiger partial charge is 0.160 e. The van der Waals surface area contributed by atoms with E-state index in [1.54, 1.807) is 0 Å². The van der Waals surface area contributed by atoms with Gasteiger partial charge in [-0.3, -0.25) is 0 Å². The minimum Gasteiger partial charge on any atom is -0.368 e. The number of ether oxygens (including phenoxy) is 7. The monoisotopic (exact) mass is 611 g/mol. The molecule has 8 nitrogen and oxygen atoms in total. The van der Waals surface area contributed by atoms with Gasteiger partial charge in [-0.05, 0) is 62.7 Å². The summed E-state index contributed by atoms with van der Waals surface area (Å²) in [6.07, 6.45) is 0.554. The Hall–Kier alpha value is -0.320. The van der Waals surface area contributed by atoms with Crippen LogP contribution in [0.1, 0.15) is 83.1 Å². The van der Waals surface area contributed by atoms with E-state index in [0.717, 1.165) is 0 Å². The summed E-state index contributed by atoms with van der Waals surface area (Å²) in [5.74, 6) is 2.97. The van der Waals surface area contributed by atoms with Crippen LogP contribution in [-0.2, 0) is 33.2 Å². The van der Waals surface area contributed by atoms with Gasteiger partial charge in [0.2, 0.25) is 0 Å². The predicted octanol–water partition coefficient (Wildman–Crippen LogP) is 6.15. The van der Waals surface area contributed by atoms with E-state index >= 15 is 0 Å². The van der Waals surface area contributed by atoms with Crippen LogP contribution < -0.4 is 0 Å². The zero-order chi connectivity index (χ0) is 31.7. The molecular formula is C35H63O8. The molecule has 0 aromatic rings. The SMILES string of the molecule is CC1[CH][C@H](C)C(C)[C@H](OC[C@H]2C(C)[C@H](OC[C@H]3C(CO[C@@H]4OC(C)[C@H](C)[C@@H](C)C4C)OC(O)C(C)[C@@H]3C)OC(C)[C@@H]2C)O1. The lowest BCUT2D eigenvalue weighted by molar-refractivity contribution is -0.298. The van der Waals surface area contributed by atoms with Crippen molar-refractivity contribution in [2.24, 2.45) is 65.1 Å². The molecule has 251 valence electrons. The average Bonchev–Trinajstić information content (AvgIpc) is 2.96. The molecule has 0 spiro atoms. The Bertz CT molecular complexity index is 858. The molecule has 0 aromatic carbocycles. The second kappa shape index (κ2) is 15.1. The molecule has 4 rings (SSSR count). The third kappa shape index (κ3) is 7.98. The van der Waals surface area contributed by atoms with Crippen molar-refractivity contribution >= 4 is 0 Å². The molecule has 4 aliphatic rings. The first-order valence-corrected chi connectivity index (χ1v) is 17.2. The second-order valence-corrected chi connectivity index (χ2v) is 14.9. The van der Waals surface area contributed by atoms with E-state index in [1.807, 2.05) is 6.92 Å². The summed E-state index contributed by atoms with van der Waals surface area (Å²) in [4.78, 5) is 0. The maximum absolute atomic E-state index is 10.7. The van der Waals surface area contributed by atoms with E-state index in [1.165, 1.54) is 0 Å². The Labute approximate surface area is 262 Å². The zero-order valence-electron chi connectivity index (χ0n) is 29.0. The van der Waals surface area contributed by atoms with Crippen molar-refractivity contribution in [2.45, 2.75) is 133 Å². The Morgan fingerprint density at radius 3 is 1.67 bits per heavy atom. The fourth-order valence-corrected chi connectivity index (χ4v) is 7.63. The molecule has 0 amide bonds. The van der Waals surface area contributed by atoms with Crippen molar-refractivity contribution < 1.29 is 38.3 Å². The van der Waals surface area contributed by atoms with E-state index < -0.39 is 6.29 Å². The van der Waals surface area contributed by atoms with Crippen molar-refractivity contribution in [2.75, 3.05) is 19.8 Å². The summed E-state index contributed by atoms with van der Waals surface area (Å²) in [6, 6.07) is 0. The van der Waals surface area contributed by atoms with Gasteiger partial charge >= 0.3 is 0 Å². The minimum absolute atomic E-state index is 0.0140. The van der Waals surface area contributed by atoms with Gasteiger partial charge in [0.15, 0.2) is 25.2 Å². The highest BCUT2D eigenvalue weighted by Gasteiger charge is 2.46. The van der Waals surface area contributed by atoms with E-state index in [2.05, 4.69) is 82.6 Å². The zero-order valence-corrected chi connectivity index (χ0v) is 29.0. The Morgan fingerprint density at radius 2 is 1.02 bits per heavy atom. The van der Waals surface area contributed by atoms with Gasteiger partial charge in [0, 0.05) is 29.6 Å². The van der Waals surface area contributed by atoms with Gasteiger partial charge in [0.25, 0.3) is 0 Å². The van der Waals surface area contributed by atoms with Crippen molar-refractivity contribution in [3.05, 3.63) is 6.42 Å². The fourth-order valence-electron chi connectivity index (χ4n) is 7.63. The lowest BCUT2D eigenvalue weighted by Crippen LogP contribution is -2.53. The van der Waals surface area contributed by atoms with Gasteiger partial charge in [-0.15, -0.1) is 0 Å². The van der Waals surface area contributed by atoms with Crippen LogP contribution in [0.15, 0.2) is 0 Å². The number of hydrogen-bond donors (Lipinski definition) is 1. The molecule has 0 aromatic heterocycles. The number of rotatable bonds is 9. The first-order chi connectivity index (χ1) is 20.2. The normalized spacial score (nSPS) is 53.1. The van der Waals surface area contributed by atoms with Crippen molar-refractivity contribution in [1.29, 1.82) is 0 Å². The summed E-state index contributed by atoms with van der Waals surface area (Å²) in [7, 11) is 0. The molecular weight excluding hydrogens is 548 g/mol. The summed E-state index contributed by atoms with van der Waals surface area (Å²) < 4.78 is 44.5. The summed E-state index contributed by atoms with van der Waals surface area (Å²) in [5, 5.41) is 10.7. The summed E-state index contributed by atoms with van der Waals surface area (Å²) in [5.41, 5.74) is 0. The molecule has 4 heterocycles.